The molecule has 1 aliphatic rings. The van der Waals surface area contributed by atoms with Crippen molar-refractivity contribution >= 4 is 33.0 Å². The number of ether oxygens (including phenoxy) is 1. The minimum absolute atomic E-state index is 0.0382. The molecular formula is C21H22N2O2S. The van der Waals surface area contributed by atoms with Gasteiger partial charge in [-0.25, -0.2) is 0 Å². The number of hydrogen-bond acceptors (Lipinski definition) is 4. The summed E-state index contributed by atoms with van der Waals surface area (Å²) in [7, 11) is 1.86. The van der Waals surface area contributed by atoms with E-state index in [9.17, 15) is 4.79 Å². The van der Waals surface area contributed by atoms with Crippen LogP contribution in [0.2, 0.25) is 0 Å². The number of benzene rings is 2. The maximum absolute atomic E-state index is 13.0. The summed E-state index contributed by atoms with van der Waals surface area (Å²) < 4.78 is 7.30. The number of hydrogen-bond donors (Lipinski definition) is 0. The van der Waals surface area contributed by atoms with E-state index in [1.54, 1.807) is 16.2 Å². The molecule has 0 N–H and O–H groups in total. The van der Waals surface area contributed by atoms with Crippen LogP contribution in [0.25, 0.3) is 10.1 Å². The smallest absolute Gasteiger partial charge is 0.255 e. The largest absolute Gasteiger partial charge is 0.485 e. The van der Waals surface area contributed by atoms with E-state index >= 15 is 0 Å². The fourth-order valence-electron chi connectivity index (χ4n) is 3.51. The number of rotatable bonds is 4. The number of carbonyl (C=O) groups excluding carboxylic acids is 1. The van der Waals surface area contributed by atoms with Crippen molar-refractivity contribution in [3.8, 4) is 5.75 Å². The van der Waals surface area contributed by atoms with Crippen molar-refractivity contribution in [3.05, 3.63) is 59.5 Å². The van der Waals surface area contributed by atoms with Crippen molar-refractivity contribution in [2.75, 3.05) is 31.6 Å². The van der Waals surface area contributed by atoms with Gasteiger partial charge in [0.05, 0.1) is 24.3 Å². The fourth-order valence-corrected chi connectivity index (χ4v) is 4.45. The van der Waals surface area contributed by atoms with Crippen LogP contribution >= 0.6 is 11.3 Å². The van der Waals surface area contributed by atoms with Gasteiger partial charge in [-0.1, -0.05) is 30.3 Å². The first-order valence-electron chi connectivity index (χ1n) is 8.89. The second-order valence-electron chi connectivity index (χ2n) is 6.58. The summed E-state index contributed by atoms with van der Waals surface area (Å²) in [5.74, 6) is 0.945. The lowest BCUT2D eigenvalue weighted by Crippen LogP contribution is -2.46. The number of likely N-dealkylation sites (N-methyl/N-ethyl adjacent to an activating group) is 2. The van der Waals surface area contributed by atoms with Gasteiger partial charge in [0.2, 0.25) is 0 Å². The van der Waals surface area contributed by atoms with Crippen LogP contribution in [0.5, 0.6) is 5.75 Å². The van der Waals surface area contributed by atoms with Gasteiger partial charge in [0.15, 0.2) is 0 Å². The highest BCUT2D eigenvalue weighted by Crippen LogP contribution is 2.33. The number of amides is 1. The molecule has 1 amide bonds. The Kier molecular flexibility index (Phi) is 4.55. The zero-order valence-electron chi connectivity index (χ0n) is 15.0. The molecular weight excluding hydrogens is 344 g/mol. The van der Waals surface area contributed by atoms with Gasteiger partial charge in [0.25, 0.3) is 5.91 Å². The Morgan fingerprint density at radius 2 is 2.00 bits per heavy atom. The molecule has 0 aliphatic carbocycles. The van der Waals surface area contributed by atoms with Crippen LogP contribution < -0.4 is 9.64 Å². The molecule has 1 atom stereocenters. The van der Waals surface area contributed by atoms with Crippen molar-refractivity contribution in [1.82, 2.24) is 4.90 Å². The monoisotopic (exact) mass is 366 g/mol. The summed E-state index contributed by atoms with van der Waals surface area (Å²) in [5.41, 5.74) is 1.90. The van der Waals surface area contributed by atoms with Gasteiger partial charge in [0, 0.05) is 29.1 Å². The molecule has 3 aromatic rings. The van der Waals surface area contributed by atoms with Crippen LogP contribution in [0.15, 0.2) is 53.9 Å². The Morgan fingerprint density at radius 3 is 2.85 bits per heavy atom. The summed E-state index contributed by atoms with van der Waals surface area (Å²) in [6.07, 6.45) is -0.0382. The molecule has 5 heteroatoms. The van der Waals surface area contributed by atoms with Crippen molar-refractivity contribution in [3.63, 3.8) is 0 Å². The quantitative estimate of drug-likeness (QED) is 0.692. The Hall–Kier alpha value is -2.53. The predicted octanol–water partition coefficient (Wildman–Crippen LogP) is 4.26. The zero-order valence-corrected chi connectivity index (χ0v) is 15.8. The highest BCUT2D eigenvalue weighted by Gasteiger charge is 2.27. The van der Waals surface area contributed by atoms with E-state index in [2.05, 4.69) is 24.0 Å². The van der Waals surface area contributed by atoms with Gasteiger partial charge in [0.1, 0.15) is 11.9 Å². The first-order valence-corrected chi connectivity index (χ1v) is 9.77. The Morgan fingerprint density at radius 1 is 1.23 bits per heavy atom. The average molecular weight is 366 g/mol. The number of thiophene rings is 1. The minimum Gasteiger partial charge on any atom is -0.485 e. The fraction of sp³-hybridized carbons (Fsp3) is 0.286. The Labute approximate surface area is 157 Å². The molecule has 4 rings (SSSR count). The van der Waals surface area contributed by atoms with Gasteiger partial charge < -0.3 is 14.5 Å². The molecule has 26 heavy (non-hydrogen) atoms. The van der Waals surface area contributed by atoms with E-state index in [4.69, 9.17) is 4.74 Å². The number of para-hydroxylation sites is 2. The van der Waals surface area contributed by atoms with E-state index in [1.807, 2.05) is 48.8 Å². The molecule has 0 bridgehead atoms. The molecule has 0 saturated carbocycles. The van der Waals surface area contributed by atoms with E-state index in [0.717, 1.165) is 40.2 Å². The molecule has 0 saturated heterocycles. The summed E-state index contributed by atoms with van der Waals surface area (Å²) in [6, 6.07) is 16.1. The summed E-state index contributed by atoms with van der Waals surface area (Å²) in [4.78, 5) is 17.0. The van der Waals surface area contributed by atoms with Crippen molar-refractivity contribution < 1.29 is 9.53 Å². The molecule has 1 unspecified atom stereocenters. The van der Waals surface area contributed by atoms with Gasteiger partial charge in [-0.2, -0.15) is 0 Å². The number of nitrogens with zero attached hydrogens (tertiary/aromatic N) is 2. The lowest BCUT2D eigenvalue weighted by molar-refractivity contribution is 0.0712. The lowest BCUT2D eigenvalue weighted by Gasteiger charge is -2.37. The van der Waals surface area contributed by atoms with E-state index in [-0.39, 0.29) is 12.0 Å². The molecule has 1 aliphatic heterocycles. The molecule has 0 spiro atoms. The van der Waals surface area contributed by atoms with Crippen LogP contribution in [0.4, 0.5) is 5.69 Å². The first-order chi connectivity index (χ1) is 12.7. The molecule has 0 fully saturated rings. The average Bonchev–Trinajstić information content (AvgIpc) is 3.10. The van der Waals surface area contributed by atoms with Crippen LogP contribution in [0.3, 0.4) is 0 Å². The van der Waals surface area contributed by atoms with E-state index < -0.39 is 0 Å². The lowest BCUT2D eigenvalue weighted by atomic mass is 10.1. The van der Waals surface area contributed by atoms with E-state index in [0.29, 0.717) is 6.54 Å². The Bertz CT molecular complexity index is 936. The molecule has 0 radical (unpaired) electrons. The molecule has 4 nitrogen and oxygen atoms in total. The van der Waals surface area contributed by atoms with Gasteiger partial charge >= 0.3 is 0 Å². The second-order valence-corrected chi connectivity index (χ2v) is 7.49. The third kappa shape index (κ3) is 3.03. The van der Waals surface area contributed by atoms with Gasteiger partial charge in [-0.15, -0.1) is 11.3 Å². The van der Waals surface area contributed by atoms with Gasteiger partial charge in [-0.3, -0.25) is 4.79 Å². The predicted molar refractivity (Wildman–Crippen MR) is 108 cm³/mol. The maximum atomic E-state index is 13.0. The van der Waals surface area contributed by atoms with Crippen molar-refractivity contribution in [2.45, 2.75) is 13.0 Å². The second kappa shape index (κ2) is 7.00. The molecule has 134 valence electrons. The normalized spacial score (nSPS) is 16.2. The topological polar surface area (TPSA) is 32.8 Å². The van der Waals surface area contributed by atoms with Crippen LogP contribution in [0, 0.1) is 0 Å². The van der Waals surface area contributed by atoms with Crippen molar-refractivity contribution in [1.29, 1.82) is 0 Å². The molecule has 1 aromatic heterocycles. The highest BCUT2D eigenvalue weighted by molar-refractivity contribution is 7.17. The number of anilines is 1. The molecule has 2 aromatic carbocycles. The third-order valence-electron chi connectivity index (χ3n) is 4.84. The van der Waals surface area contributed by atoms with Crippen LogP contribution in [-0.2, 0) is 0 Å². The maximum Gasteiger partial charge on any atom is 0.255 e. The summed E-state index contributed by atoms with van der Waals surface area (Å²) in [6.45, 7) is 4.42. The van der Waals surface area contributed by atoms with E-state index in [1.165, 1.54) is 0 Å². The number of carbonyl (C=O) groups is 1. The SMILES string of the molecule is CCN1CC(CN(C)C(=O)c2csc3ccccc23)Oc2ccccc21. The summed E-state index contributed by atoms with van der Waals surface area (Å²) >= 11 is 1.61. The highest BCUT2D eigenvalue weighted by atomic mass is 32.1. The van der Waals surface area contributed by atoms with Crippen LogP contribution in [-0.4, -0.2) is 43.6 Å². The zero-order chi connectivity index (χ0) is 18.1. The third-order valence-corrected chi connectivity index (χ3v) is 5.80. The minimum atomic E-state index is -0.0382. The van der Waals surface area contributed by atoms with Gasteiger partial charge in [-0.05, 0) is 25.1 Å². The summed E-state index contributed by atoms with van der Waals surface area (Å²) in [5, 5.41) is 2.98. The van der Waals surface area contributed by atoms with Crippen molar-refractivity contribution in [2.24, 2.45) is 0 Å². The Balaban J connectivity index is 1.51. The van der Waals surface area contributed by atoms with Crippen LogP contribution in [0.1, 0.15) is 17.3 Å². The first kappa shape index (κ1) is 16.9. The number of fused-ring (bicyclic) bond motifs is 2. The standard InChI is InChI=1S/C21H22N2O2S/c1-3-23-13-15(25-19-10-6-5-9-18(19)23)12-22(2)21(24)17-14-26-20-11-7-4-8-16(17)20/h4-11,14-15H,3,12-13H2,1-2H3. The molecule has 2 heterocycles.